The van der Waals surface area contributed by atoms with E-state index in [9.17, 15) is 8.42 Å². The molecule has 0 saturated heterocycles. The van der Waals surface area contributed by atoms with Crippen molar-refractivity contribution in [2.24, 2.45) is 0 Å². The Bertz CT molecular complexity index is 805. The highest BCUT2D eigenvalue weighted by Crippen LogP contribution is 2.33. The van der Waals surface area contributed by atoms with E-state index in [-0.39, 0.29) is 16.4 Å². The number of benzene rings is 2. The molecule has 0 heterocycles. The SMILES string of the molecule is COc1cc(S(=O)(=O)Oc2cc(C)cc(C)c2)c(OC)cc1C. The second kappa shape index (κ2) is 6.50. The van der Waals surface area contributed by atoms with Crippen LogP contribution in [0.1, 0.15) is 16.7 Å². The van der Waals surface area contributed by atoms with Gasteiger partial charge in [-0.1, -0.05) is 6.07 Å². The molecule has 5 nitrogen and oxygen atoms in total. The lowest BCUT2D eigenvalue weighted by atomic mass is 10.1. The van der Waals surface area contributed by atoms with Gasteiger partial charge in [0.15, 0.2) is 4.90 Å². The minimum atomic E-state index is -4.04. The predicted molar refractivity (Wildman–Crippen MR) is 88.0 cm³/mol. The quantitative estimate of drug-likeness (QED) is 0.783. The Morgan fingerprint density at radius 1 is 0.783 bits per heavy atom. The molecule has 2 aromatic carbocycles. The number of aryl methyl sites for hydroxylation is 3. The molecule has 0 aliphatic heterocycles. The smallest absolute Gasteiger partial charge is 0.343 e. The van der Waals surface area contributed by atoms with Crippen molar-refractivity contribution in [1.29, 1.82) is 0 Å². The van der Waals surface area contributed by atoms with Gasteiger partial charge in [0.2, 0.25) is 0 Å². The van der Waals surface area contributed by atoms with E-state index in [1.165, 1.54) is 20.3 Å². The van der Waals surface area contributed by atoms with E-state index in [4.69, 9.17) is 13.7 Å². The third-order valence-corrected chi connectivity index (χ3v) is 4.62. The zero-order chi connectivity index (χ0) is 17.2. The molecule has 0 spiro atoms. The number of methoxy groups -OCH3 is 2. The molecule has 0 fully saturated rings. The summed E-state index contributed by atoms with van der Waals surface area (Å²) in [6.45, 7) is 5.56. The molecule has 0 aliphatic carbocycles. The fourth-order valence-corrected chi connectivity index (χ4v) is 3.45. The molecule has 0 bridgehead atoms. The fraction of sp³-hybridized carbons (Fsp3) is 0.294. The molecule has 0 atom stereocenters. The summed E-state index contributed by atoms with van der Waals surface area (Å²) in [7, 11) is -1.15. The van der Waals surface area contributed by atoms with Crippen molar-refractivity contribution in [3.63, 3.8) is 0 Å². The van der Waals surface area contributed by atoms with Gasteiger partial charge < -0.3 is 13.7 Å². The summed E-state index contributed by atoms with van der Waals surface area (Å²) in [4.78, 5) is -0.0680. The van der Waals surface area contributed by atoms with Crippen LogP contribution in [0.3, 0.4) is 0 Å². The highest BCUT2D eigenvalue weighted by molar-refractivity contribution is 7.87. The first-order chi connectivity index (χ1) is 10.8. The molecule has 0 N–H and O–H groups in total. The van der Waals surface area contributed by atoms with Crippen molar-refractivity contribution in [3.05, 3.63) is 47.0 Å². The summed E-state index contributed by atoms with van der Waals surface area (Å²) in [5.74, 6) is 0.935. The molecule has 0 radical (unpaired) electrons. The summed E-state index contributed by atoms with van der Waals surface area (Å²) < 4.78 is 40.9. The first-order valence-corrected chi connectivity index (χ1v) is 8.43. The van der Waals surface area contributed by atoms with E-state index in [2.05, 4.69) is 0 Å². The van der Waals surface area contributed by atoms with Crippen molar-refractivity contribution in [1.82, 2.24) is 0 Å². The van der Waals surface area contributed by atoms with E-state index in [1.54, 1.807) is 18.2 Å². The van der Waals surface area contributed by atoms with E-state index in [0.29, 0.717) is 5.75 Å². The molecule has 23 heavy (non-hydrogen) atoms. The van der Waals surface area contributed by atoms with Crippen molar-refractivity contribution in [2.75, 3.05) is 14.2 Å². The second-order valence-corrected chi connectivity index (χ2v) is 6.85. The van der Waals surface area contributed by atoms with E-state index >= 15 is 0 Å². The third kappa shape index (κ3) is 3.76. The maximum absolute atomic E-state index is 12.6. The number of hydrogen-bond donors (Lipinski definition) is 0. The number of hydrogen-bond acceptors (Lipinski definition) is 5. The van der Waals surface area contributed by atoms with Crippen LogP contribution in [0, 0.1) is 20.8 Å². The molecule has 0 saturated carbocycles. The summed E-state index contributed by atoms with van der Waals surface area (Å²) in [5, 5.41) is 0. The van der Waals surface area contributed by atoms with Crippen LogP contribution in [0.4, 0.5) is 0 Å². The maximum Gasteiger partial charge on any atom is 0.343 e. The van der Waals surface area contributed by atoms with Crippen molar-refractivity contribution >= 4 is 10.1 Å². The zero-order valence-corrected chi connectivity index (χ0v) is 14.7. The van der Waals surface area contributed by atoms with Crippen molar-refractivity contribution in [2.45, 2.75) is 25.7 Å². The van der Waals surface area contributed by atoms with Crippen LogP contribution in [-0.4, -0.2) is 22.6 Å². The molecule has 2 aromatic rings. The van der Waals surface area contributed by atoms with Crippen molar-refractivity contribution < 1.29 is 22.1 Å². The first-order valence-electron chi connectivity index (χ1n) is 7.02. The van der Waals surface area contributed by atoms with Crippen LogP contribution >= 0.6 is 0 Å². The fourth-order valence-electron chi connectivity index (χ4n) is 2.37. The molecule has 124 valence electrons. The highest BCUT2D eigenvalue weighted by Gasteiger charge is 2.24. The summed E-state index contributed by atoms with van der Waals surface area (Å²) in [5.41, 5.74) is 2.61. The standard InChI is InChI=1S/C17H20O5S/c1-11-6-12(2)8-14(7-11)22-23(18,19)17-10-15(20-4)13(3)9-16(17)21-5/h6-10H,1-5H3. The topological polar surface area (TPSA) is 61.8 Å². The normalized spacial score (nSPS) is 11.2. The molecule has 0 aromatic heterocycles. The first kappa shape index (κ1) is 17.1. The van der Waals surface area contributed by atoms with Crippen LogP contribution in [-0.2, 0) is 10.1 Å². The molecule has 0 amide bonds. The predicted octanol–water partition coefficient (Wildman–Crippen LogP) is 3.40. The number of ether oxygens (including phenoxy) is 2. The molecule has 0 unspecified atom stereocenters. The van der Waals surface area contributed by atoms with E-state index in [1.807, 2.05) is 26.8 Å². The van der Waals surface area contributed by atoms with Gasteiger partial charge >= 0.3 is 10.1 Å². The van der Waals surface area contributed by atoms with Gasteiger partial charge in [-0.25, -0.2) is 0 Å². The Morgan fingerprint density at radius 2 is 1.35 bits per heavy atom. The molecular formula is C17H20O5S. The molecular weight excluding hydrogens is 316 g/mol. The van der Waals surface area contributed by atoms with Crippen LogP contribution in [0.5, 0.6) is 17.2 Å². The van der Waals surface area contributed by atoms with Crippen LogP contribution < -0.4 is 13.7 Å². The maximum atomic E-state index is 12.6. The average Bonchev–Trinajstić information content (AvgIpc) is 2.44. The summed E-state index contributed by atoms with van der Waals surface area (Å²) in [6.07, 6.45) is 0. The lowest BCUT2D eigenvalue weighted by Gasteiger charge is -2.14. The van der Waals surface area contributed by atoms with Gasteiger partial charge in [-0.2, -0.15) is 8.42 Å². The summed E-state index contributed by atoms with van der Waals surface area (Å²) in [6, 6.07) is 8.29. The lowest BCUT2D eigenvalue weighted by molar-refractivity contribution is 0.386. The van der Waals surface area contributed by atoms with Gasteiger partial charge in [0.25, 0.3) is 0 Å². The van der Waals surface area contributed by atoms with E-state index < -0.39 is 10.1 Å². The summed E-state index contributed by atoms with van der Waals surface area (Å²) >= 11 is 0. The third-order valence-electron chi connectivity index (χ3n) is 3.35. The van der Waals surface area contributed by atoms with Gasteiger partial charge in [-0.05, 0) is 55.7 Å². The van der Waals surface area contributed by atoms with Gasteiger partial charge in [0.1, 0.15) is 17.2 Å². The van der Waals surface area contributed by atoms with Crippen LogP contribution in [0.2, 0.25) is 0 Å². The average molecular weight is 336 g/mol. The minimum absolute atomic E-state index is 0.0680. The van der Waals surface area contributed by atoms with Gasteiger partial charge in [0.05, 0.1) is 14.2 Å². The lowest BCUT2D eigenvalue weighted by Crippen LogP contribution is -2.12. The molecule has 6 heteroatoms. The van der Waals surface area contributed by atoms with Crippen LogP contribution in [0.25, 0.3) is 0 Å². The van der Waals surface area contributed by atoms with Gasteiger partial charge in [-0.15, -0.1) is 0 Å². The monoisotopic (exact) mass is 336 g/mol. The Morgan fingerprint density at radius 3 is 1.87 bits per heavy atom. The Hall–Kier alpha value is -2.21. The Balaban J connectivity index is 2.50. The Labute approximate surface area is 136 Å². The highest BCUT2D eigenvalue weighted by atomic mass is 32.2. The second-order valence-electron chi connectivity index (χ2n) is 5.33. The van der Waals surface area contributed by atoms with E-state index in [0.717, 1.165) is 16.7 Å². The van der Waals surface area contributed by atoms with Gasteiger partial charge in [-0.3, -0.25) is 0 Å². The molecule has 0 aliphatic rings. The Kier molecular flexibility index (Phi) is 4.85. The zero-order valence-electron chi connectivity index (χ0n) is 13.8. The van der Waals surface area contributed by atoms with Crippen LogP contribution in [0.15, 0.2) is 35.2 Å². The number of rotatable bonds is 5. The molecule has 2 rings (SSSR count). The van der Waals surface area contributed by atoms with Gasteiger partial charge in [0, 0.05) is 6.07 Å². The van der Waals surface area contributed by atoms with Crippen molar-refractivity contribution in [3.8, 4) is 17.2 Å². The largest absolute Gasteiger partial charge is 0.496 e. The minimum Gasteiger partial charge on any atom is -0.496 e.